The van der Waals surface area contributed by atoms with Gasteiger partial charge < -0.3 is 5.32 Å². The topological polar surface area (TPSA) is 102 Å². The van der Waals surface area contributed by atoms with E-state index in [0.717, 1.165) is 16.8 Å². The molecule has 0 saturated carbocycles. The molecule has 28 heavy (non-hydrogen) atoms. The van der Waals surface area contributed by atoms with Gasteiger partial charge in [0.25, 0.3) is 0 Å². The molecule has 0 saturated heterocycles. The first-order valence-electron chi connectivity index (χ1n) is 8.27. The smallest absolute Gasteiger partial charge is 0.321 e. The fraction of sp³-hybridized carbons (Fsp3) is 0.167. The molecule has 10 heteroatoms. The van der Waals surface area contributed by atoms with Crippen molar-refractivity contribution in [3.63, 3.8) is 0 Å². The van der Waals surface area contributed by atoms with E-state index in [1.807, 2.05) is 35.8 Å². The molecule has 0 bridgehead atoms. The van der Waals surface area contributed by atoms with E-state index < -0.39 is 11.9 Å². The van der Waals surface area contributed by atoms with Crippen LogP contribution in [0.2, 0.25) is 5.02 Å². The summed E-state index contributed by atoms with van der Waals surface area (Å²) in [6.45, 7) is 1.90. The second-order valence-electron chi connectivity index (χ2n) is 5.68. The van der Waals surface area contributed by atoms with Crippen molar-refractivity contribution in [1.29, 1.82) is 0 Å². The average Bonchev–Trinajstić information content (AvgIpc) is 3.12. The zero-order valence-corrected chi connectivity index (χ0v) is 16.7. The number of urea groups is 1. The number of imide groups is 1. The van der Waals surface area contributed by atoms with E-state index in [4.69, 9.17) is 11.6 Å². The van der Waals surface area contributed by atoms with Gasteiger partial charge in [-0.3, -0.25) is 19.7 Å². The number of nitrogens with zero attached hydrogens (tertiary/aromatic N) is 4. The fourth-order valence-corrected chi connectivity index (χ4v) is 3.38. The van der Waals surface area contributed by atoms with Crippen LogP contribution >= 0.6 is 23.4 Å². The Kier molecular flexibility index (Phi) is 6.27. The van der Waals surface area contributed by atoms with Crippen LogP contribution in [-0.2, 0) is 4.79 Å². The first-order chi connectivity index (χ1) is 13.5. The monoisotopic (exact) mass is 416 g/mol. The molecule has 3 amide bonds. The Balaban J connectivity index is 1.99. The molecule has 0 aliphatic rings. The molecule has 8 nitrogen and oxygen atoms in total. The highest BCUT2D eigenvalue weighted by molar-refractivity contribution is 7.99. The first kappa shape index (κ1) is 19.8. The third-order valence-corrected chi connectivity index (χ3v) is 5.20. The van der Waals surface area contributed by atoms with E-state index in [1.54, 1.807) is 18.5 Å². The number of hydrogen-bond acceptors (Lipinski definition) is 6. The number of halogens is 1. The Hall–Kier alpha value is -2.91. The van der Waals surface area contributed by atoms with Crippen LogP contribution < -0.4 is 10.6 Å². The van der Waals surface area contributed by atoms with Crippen molar-refractivity contribution in [1.82, 2.24) is 30.4 Å². The van der Waals surface area contributed by atoms with Crippen molar-refractivity contribution in [2.75, 3.05) is 12.8 Å². The molecule has 0 fully saturated rings. The van der Waals surface area contributed by atoms with Gasteiger partial charge in [0.2, 0.25) is 5.91 Å². The van der Waals surface area contributed by atoms with Gasteiger partial charge >= 0.3 is 6.03 Å². The minimum absolute atomic E-state index is 0.00150. The Labute approximate surface area is 170 Å². The highest BCUT2D eigenvalue weighted by atomic mass is 35.5. The molecule has 2 heterocycles. The number of carbonyl (C=O) groups excluding carboxylic acids is 2. The SMILES string of the molecule is CNC(=O)NC(=O)CSc1nnc(-c2ccncc2)n1-c1cccc(Cl)c1C. The van der Waals surface area contributed by atoms with Gasteiger partial charge in [-0.05, 0) is 36.8 Å². The lowest BCUT2D eigenvalue weighted by atomic mass is 10.2. The number of amides is 3. The van der Waals surface area contributed by atoms with E-state index in [-0.39, 0.29) is 5.75 Å². The average molecular weight is 417 g/mol. The van der Waals surface area contributed by atoms with E-state index >= 15 is 0 Å². The van der Waals surface area contributed by atoms with Crippen LogP contribution in [0.3, 0.4) is 0 Å². The van der Waals surface area contributed by atoms with Crippen LogP contribution in [0.5, 0.6) is 0 Å². The number of pyridine rings is 1. The molecule has 0 radical (unpaired) electrons. The third kappa shape index (κ3) is 4.32. The van der Waals surface area contributed by atoms with Crippen LogP contribution in [0.15, 0.2) is 47.9 Å². The number of carbonyl (C=O) groups is 2. The molecule has 0 aliphatic heterocycles. The summed E-state index contributed by atoms with van der Waals surface area (Å²) in [7, 11) is 1.44. The summed E-state index contributed by atoms with van der Waals surface area (Å²) in [5.41, 5.74) is 2.48. The quantitative estimate of drug-likeness (QED) is 0.620. The molecule has 3 aromatic rings. The van der Waals surface area contributed by atoms with Crippen molar-refractivity contribution in [2.45, 2.75) is 12.1 Å². The number of hydrogen-bond donors (Lipinski definition) is 2. The molecule has 3 rings (SSSR count). The van der Waals surface area contributed by atoms with Gasteiger partial charge in [-0.2, -0.15) is 0 Å². The van der Waals surface area contributed by atoms with E-state index in [0.29, 0.717) is 16.0 Å². The van der Waals surface area contributed by atoms with Crippen molar-refractivity contribution in [2.24, 2.45) is 0 Å². The number of nitrogens with one attached hydrogen (secondary N) is 2. The van der Waals surface area contributed by atoms with Crippen LogP contribution in [0.1, 0.15) is 5.56 Å². The summed E-state index contributed by atoms with van der Waals surface area (Å²) in [6, 6.07) is 8.65. The summed E-state index contributed by atoms with van der Waals surface area (Å²) in [6.07, 6.45) is 3.34. The van der Waals surface area contributed by atoms with E-state index in [1.165, 1.54) is 18.8 Å². The second kappa shape index (κ2) is 8.85. The van der Waals surface area contributed by atoms with Crippen molar-refractivity contribution in [3.05, 3.63) is 53.3 Å². The van der Waals surface area contributed by atoms with Gasteiger partial charge in [-0.25, -0.2) is 4.79 Å². The van der Waals surface area contributed by atoms with E-state index in [9.17, 15) is 9.59 Å². The Morgan fingerprint density at radius 3 is 2.64 bits per heavy atom. The normalized spacial score (nSPS) is 10.5. The summed E-state index contributed by atoms with van der Waals surface area (Å²) < 4.78 is 1.84. The minimum Gasteiger partial charge on any atom is -0.341 e. The van der Waals surface area contributed by atoms with Crippen molar-refractivity contribution in [3.8, 4) is 17.1 Å². The molecule has 2 aromatic heterocycles. The minimum atomic E-state index is -0.560. The molecular weight excluding hydrogens is 400 g/mol. The van der Waals surface area contributed by atoms with Gasteiger partial charge in [0, 0.05) is 30.0 Å². The molecule has 2 N–H and O–H groups in total. The van der Waals surface area contributed by atoms with Crippen LogP contribution in [0.4, 0.5) is 4.79 Å². The van der Waals surface area contributed by atoms with Crippen LogP contribution in [0.25, 0.3) is 17.1 Å². The van der Waals surface area contributed by atoms with E-state index in [2.05, 4.69) is 25.8 Å². The first-order valence-corrected chi connectivity index (χ1v) is 9.63. The maximum absolute atomic E-state index is 12.0. The lowest BCUT2D eigenvalue weighted by Crippen LogP contribution is -2.38. The van der Waals surface area contributed by atoms with Gasteiger partial charge in [0.1, 0.15) is 0 Å². The molecule has 0 unspecified atom stereocenters. The van der Waals surface area contributed by atoms with Gasteiger partial charge in [-0.15, -0.1) is 10.2 Å². The Morgan fingerprint density at radius 1 is 1.18 bits per heavy atom. The van der Waals surface area contributed by atoms with Crippen LogP contribution in [-0.4, -0.2) is 44.5 Å². The van der Waals surface area contributed by atoms with Gasteiger partial charge in [0.05, 0.1) is 11.4 Å². The number of benzene rings is 1. The maximum atomic E-state index is 12.0. The van der Waals surface area contributed by atoms with Crippen molar-refractivity contribution < 1.29 is 9.59 Å². The Morgan fingerprint density at radius 2 is 1.93 bits per heavy atom. The van der Waals surface area contributed by atoms with Gasteiger partial charge in [-0.1, -0.05) is 29.4 Å². The zero-order chi connectivity index (χ0) is 20.1. The Bertz CT molecular complexity index is 1010. The maximum Gasteiger partial charge on any atom is 0.321 e. The summed E-state index contributed by atoms with van der Waals surface area (Å²) in [5.74, 6) is 0.163. The summed E-state index contributed by atoms with van der Waals surface area (Å²) >= 11 is 7.47. The molecule has 0 aliphatic carbocycles. The predicted octanol–water partition coefficient (Wildman–Crippen LogP) is 2.84. The molecule has 0 atom stereocenters. The third-order valence-electron chi connectivity index (χ3n) is 3.86. The summed E-state index contributed by atoms with van der Waals surface area (Å²) in [4.78, 5) is 27.3. The predicted molar refractivity (Wildman–Crippen MR) is 108 cm³/mol. The van der Waals surface area contributed by atoms with Crippen LogP contribution in [0, 0.1) is 6.92 Å². The molecule has 1 aromatic carbocycles. The number of aromatic nitrogens is 4. The highest BCUT2D eigenvalue weighted by Crippen LogP contribution is 2.31. The zero-order valence-electron chi connectivity index (χ0n) is 15.1. The number of rotatable bonds is 5. The summed E-state index contributed by atoms with van der Waals surface area (Å²) in [5, 5.41) is 14.2. The lowest BCUT2D eigenvalue weighted by molar-refractivity contribution is -0.117. The standard InChI is InChI=1S/C18H17ClN6O2S/c1-11-13(19)4-3-5-14(11)25-16(12-6-8-21-9-7-12)23-24-18(25)28-10-15(26)22-17(27)20-2/h3-9H,10H2,1-2H3,(H2,20,22,26,27). The van der Waals surface area contributed by atoms with Gasteiger partial charge in [0.15, 0.2) is 11.0 Å². The van der Waals surface area contributed by atoms with Crippen molar-refractivity contribution >= 4 is 35.3 Å². The molecule has 0 spiro atoms. The molecule has 144 valence electrons. The largest absolute Gasteiger partial charge is 0.341 e. The highest BCUT2D eigenvalue weighted by Gasteiger charge is 2.19. The fourth-order valence-electron chi connectivity index (χ4n) is 2.46. The second-order valence-corrected chi connectivity index (χ2v) is 7.03. The molecular formula is C18H17ClN6O2S. The number of thioether (sulfide) groups is 1. The lowest BCUT2D eigenvalue weighted by Gasteiger charge is -2.13.